The first-order valence-electron chi connectivity index (χ1n) is 9.69. The van der Waals surface area contributed by atoms with Crippen LogP contribution in [0.1, 0.15) is 22.8 Å². The number of carbonyl (C=O) groups is 2. The maximum absolute atomic E-state index is 12.1. The molecule has 1 N–H and O–H groups in total. The van der Waals surface area contributed by atoms with E-state index in [4.69, 9.17) is 14.2 Å². The van der Waals surface area contributed by atoms with E-state index in [1.807, 2.05) is 19.1 Å². The molecule has 0 atom stereocenters. The lowest BCUT2D eigenvalue weighted by atomic mass is 10.2. The zero-order valence-electron chi connectivity index (χ0n) is 17.0. The highest BCUT2D eigenvalue weighted by molar-refractivity contribution is 5.91. The van der Waals surface area contributed by atoms with E-state index in [1.165, 1.54) is 6.21 Å². The summed E-state index contributed by atoms with van der Waals surface area (Å²) < 4.78 is 16.3. The topological polar surface area (TPSA) is 86.2 Å². The van der Waals surface area contributed by atoms with Gasteiger partial charge >= 0.3 is 5.97 Å². The predicted octanol–water partition coefficient (Wildman–Crippen LogP) is 3.83. The minimum Gasteiger partial charge on any atom is -0.490 e. The number of benzene rings is 3. The van der Waals surface area contributed by atoms with Crippen LogP contribution in [0.4, 0.5) is 0 Å². The smallest absolute Gasteiger partial charge is 0.343 e. The monoisotopic (exact) mass is 418 g/mol. The lowest BCUT2D eigenvalue weighted by Gasteiger charge is -2.10. The molecule has 1 amide bonds. The summed E-state index contributed by atoms with van der Waals surface area (Å²) in [6, 6.07) is 22.6. The molecule has 0 aliphatic rings. The van der Waals surface area contributed by atoms with E-state index >= 15 is 0 Å². The minimum atomic E-state index is -0.430. The van der Waals surface area contributed by atoms with Crippen LogP contribution in [0.3, 0.4) is 0 Å². The van der Waals surface area contributed by atoms with E-state index in [9.17, 15) is 9.59 Å². The number of hydrazone groups is 1. The van der Waals surface area contributed by atoms with Crippen LogP contribution in [-0.2, 0) is 4.79 Å². The Morgan fingerprint density at radius 1 is 0.871 bits per heavy atom. The summed E-state index contributed by atoms with van der Waals surface area (Å²) in [7, 11) is 0. The van der Waals surface area contributed by atoms with Crippen LogP contribution in [0, 0.1) is 0 Å². The summed E-state index contributed by atoms with van der Waals surface area (Å²) in [5.41, 5.74) is 3.60. The normalized spacial score (nSPS) is 10.5. The number of amides is 1. The van der Waals surface area contributed by atoms with Crippen molar-refractivity contribution in [1.82, 2.24) is 5.43 Å². The van der Waals surface area contributed by atoms with Crippen molar-refractivity contribution in [3.63, 3.8) is 0 Å². The molecule has 0 heterocycles. The Morgan fingerprint density at radius 3 is 2.19 bits per heavy atom. The molecule has 0 aliphatic heterocycles. The molecule has 7 nitrogen and oxygen atoms in total. The maximum atomic E-state index is 12.1. The molecule has 0 bridgehead atoms. The summed E-state index contributed by atoms with van der Waals surface area (Å²) in [4.78, 5) is 24.0. The fourth-order valence-corrected chi connectivity index (χ4v) is 2.56. The highest BCUT2D eigenvalue weighted by Gasteiger charge is 2.08. The van der Waals surface area contributed by atoms with Gasteiger partial charge in [-0.1, -0.05) is 30.3 Å². The van der Waals surface area contributed by atoms with Crippen LogP contribution in [-0.4, -0.2) is 31.3 Å². The molecule has 3 aromatic carbocycles. The Balaban J connectivity index is 1.46. The number of nitrogens with zero attached hydrogens (tertiary/aromatic N) is 1. The van der Waals surface area contributed by atoms with E-state index < -0.39 is 11.9 Å². The molecule has 31 heavy (non-hydrogen) atoms. The average molecular weight is 418 g/mol. The van der Waals surface area contributed by atoms with Crippen LogP contribution >= 0.6 is 0 Å². The van der Waals surface area contributed by atoms with Gasteiger partial charge in [-0.2, -0.15) is 5.10 Å². The number of hydrogen-bond donors (Lipinski definition) is 1. The zero-order valence-corrected chi connectivity index (χ0v) is 17.0. The van der Waals surface area contributed by atoms with Crippen molar-refractivity contribution in [2.24, 2.45) is 5.10 Å². The van der Waals surface area contributed by atoms with Gasteiger partial charge in [-0.05, 0) is 61.0 Å². The first kappa shape index (κ1) is 21.6. The second-order valence-corrected chi connectivity index (χ2v) is 6.29. The largest absolute Gasteiger partial charge is 0.490 e. The van der Waals surface area contributed by atoms with Crippen molar-refractivity contribution in [2.75, 3.05) is 13.2 Å². The van der Waals surface area contributed by atoms with Gasteiger partial charge in [0.2, 0.25) is 0 Å². The van der Waals surface area contributed by atoms with Gasteiger partial charge in [0.1, 0.15) is 5.75 Å². The SMILES string of the molecule is CCOc1ccccc1OCC(=O)NN=Cc1ccc(OC(=O)c2ccccc2)cc1. The molecule has 0 radical (unpaired) electrons. The fourth-order valence-electron chi connectivity index (χ4n) is 2.56. The molecule has 0 fully saturated rings. The summed E-state index contributed by atoms with van der Waals surface area (Å²) in [5, 5.41) is 3.91. The van der Waals surface area contributed by atoms with Gasteiger partial charge in [0.05, 0.1) is 18.4 Å². The number of ether oxygens (including phenoxy) is 3. The second-order valence-electron chi connectivity index (χ2n) is 6.29. The van der Waals surface area contributed by atoms with Gasteiger partial charge in [0, 0.05) is 0 Å². The highest BCUT2D eigenvalue weighted by atomic mass is 16.5. The Morgan fingerprint density at radius 2 is 1.52 bits per heavy atom. The van der Waals surface area contributed by atoms with Crippen molar-refractivity contribution < 1.29 is 23.8 Å². The van der Waals surface area contributed by atoms with E-state index in [0.29, 0.717) is 29.4 Å². The molecule has 158 valence electrons. The third-order valence-electron chi connectivity index (χ3n) is 4.01. The van der Waals surface area contributed by atoms with Crippen molar-refractivity contribution in [1.29, 1.82) is 0 Å². The average Bonchev–Trinajstić information content (AvgIpc) is 2.80. The van der Waals surface area contributed by atoms with Gasteiger partial charge in [-0.15, -0.1) is 0 Å². The van der Waals surface area contributed by atoms with Crippen LogP contribution in [0.2, 0.25) is 0 Å². The van der Waals surface area contributed by atoms with Crippen LogP contribution < -0.4 is 19.6 Å². The van der Waals surface area contributed by atoms with E-state index in [0.717, 1.165) is 5.56 Å². The minimum absolute atomic E-state index is 0.199. The molecule has 0 saturated carbocycles. The standard InChI is InChI=1S/C24H22N2O5/c1-2-29-21-10-6-7-11-22(21)30-17-23(27)26-25-16-18-12-14-20(15-13-18)31-24(28)19-8-4-3-5-9-19/h3-16H,2,17H2,1H3,(H,26,27). The molecule has 0 saturated heterocycles. The van der Waals surface area contributed by atoms with E-state index in [-0.39, 0.29) is 6.61 Å². The quantitative estimate of drug-likeness (QED) is 0.247. The molecular formula is C24H22N2O5. The van der Waals surface area contributed by atoms with Crippen molar-refractivity contribution in [3.05, 3.63) is 90.0 Å². The first-order chi connectivity index (χ1) is 15.2. The van der Waals surface area contributed by atoms with Gasteiger partial charge in [0.25, 0.3) is 5.91 Å². The maximum Gasteiger partial charge on any atom is 0.343 e. The summed E-state index contributed by atoms with van der Waals surface area (Å²) in [6.45, 7) is 2.18. The molecule has 0 aliphatic carbocycles. The van der Waals surface area contributed by atoms with Crippen LogP contribution in [0.25, 0.3) is 0 Å². The zero-order chi connectivity index (χ0) is 21.9. The Bertz CT molecular complexity index is 1030. The number of carbonyl (C=O) groups excluding carboxylic acids is 2. The van der Waals surface area contributed by atoms with Crippen molar-refractivity contribution in [3.8, 4) is 17.2 Å². The Kier molecular flexibility index (Phi) is 7.77. The fraction of sp³-hybridized carbons (Fsp3) is 0.125. The molecular weight excluding hydrogens is 396 g/mol. The Hall–Kier alpha value is -4.13. The number of nitrogens with one attached hydrogen (secondary N) is 1. The first-order valence-corrected chi connectivity index (χ1v) is 9.69. The molecule has 3 aromatic rings. The third-order valence-corrected chi connectivity index (χ3v) is 4.01. The van der Waals surface area contributed by atoms with Gasteiger partial charge in [0.15, 0.2) is 18.1 Å². The number of esters is 1. The van der Waals surface area contributed by atoms with Crippen molar-refractivity contribution >= 4 is 18.1 Å². The van der Waals surface area contributed by atoms with Gasteiger partial charge < -0.3 is 14.2 Å². The number of hydrogen-bond acceptors (Lipinski definition) is 6. The highest BCUT2D eigenvalue weighted by Crippen LogP contribution is 2.26. The molecule has 0 unspecified atom stereocenters. The van der Waals surface area contributed by atoms with Crippen LogP contribution in [0.5, 0.6) is 17.2 Å². The lowest BCUT2D eigenvalue weighted by molar-refractivity contribution is -0.123. The summed E-state index contributed by atoms with van der Waals surface area (Å²) in [6.07, 6.45) is 1.48. The van der Waals surface area contributed by atoms with E-state index in [2.05, 4.69) is 10.5 Å². The molecule has 7 heteroatoms. The number of rotatable bonds is 9. The second kappa shape index (κ2) is 11.2. The summed E-state index contributed by atoms with van der Waals surface area (Å²) >= 11 is 0. The molecule has 3 rings (SSSR count). The van der Waals surface area contributed by atoms with Gasteiger partial charge in [-0.3, -0.25) is 4.79 Å². The van der Waals surface area contributed by atoms with Crippen LogP contribution in [0.15, 0.2) is 84.0 Å². The van der Waals surface area contributed by atoms with Gasteiger partial charge in [-0.25, -0.2) is 10.2 Å². The summed E-state index contributed by atoms with van der Waals surface area (Å²) in [5.74, 6) is 0.644. The Labute approximate surface area is 180 Å². The lowest BCUT2D eigenvalue weighted by Crippen LogP contribution is -2.24. The number of para-hydroxylation sites is 2. The third kappa shape index (κ3) is 6.71. The van der Waals surface area contributed by atoms with Crippen molar-refractivity contribution in [2.45, 2.75) is 6.92 Å². The van der Waals surface area contributed by atoms with E-state index in [1.54, 1.807) is 66.7 Å². The molecule has 0 spiro atoms. The predicted molar refractivity (Wildman–Crippen MR) is 117 cm³/mol. The molecule has 0 aromatic heterocycles.